The molecule has 1 aliphatic heterocycles. The van der Waals surface area contributed by atoms with Gasteiger partial charge in [0.1, 0.15) is 0 Å². The van der Waals surface area contributed by atoms with E-state index in [1.807, 2.05) is 32.7 Å². The van der Waals surface area contributed by atoms with E-state index in [1.165, 1.54) is 5.69 Å². The van der Waals surface area contributed by atoms with Gasteiger partial charge in [0, 0.05) is 38.8 Å². The van der Waals surface area contributed by atoms with Crippen molar-refractivity contribution in [1.82, 2.24) is 24.5 Å². The van der Waals surface area contributed by atoms with Crippen LogP contribution in [0.15, 0.2) is 23.1 Å². The first-order chi connectivity index (χ1) is 12.5. The summed E-state index contributed by atoms with van der Waals surface area (Å²) in [5.74, 6) is 1.13. The third kappa shape index (κ3) is 3.28. The van der Waals surface area contributed by atoms with Crippen molar-refractivity contribution >= 4 is 5.91 Å². The molecule has 2 aromatic heterocycles. The molecule has 7 heteroatoms. The lowest BCUT2D eigenvalue weighted by atomic mass is 9.87. The molecule has 0 radical (unpaired) electrons. The molecule has 26 heavy (non-hydrogen) atoms. The summed E-state index contributed by atoms with van der Waals surface area (Å²) in [6.45, 7) is 1.76. The van der Waals surface area contributed by atoms with Gasteiger partial charge in [-0.3, -0.25) is 9.69 Å². The monoisotopic (exact) mass is 357 g/mol. The summed E-state index contributed by atoms with van der Waals surface area (Å²) in [6, 6.07) is 2.09. The molecule has 140 valence electrons. The van der Waals surface area contributed by atoms with Crippen LogP contribution in [0.4, 0.5) is 0 Å². The Morgan fingerprint density at radius 1 is 1.35 bits per heavy atom. The predicted molar refractivity (Wildman–Crippen MR) is 96.7 cm³/mol. The van der Waals surface area contributed by atoms with Crippen LogP contribution < -0.4 is 0 Å². The first kappa shape index (κ1) is 17.3. The lowest BCUT2D eigenvalue weighted by Crippen LogP contribution is -2.43. The van der Waals surface area contributed by atoms with Gasteiger partial charge in [0.2, 0.25) is 5.76 Å². The Kier molecular flexibility index (Phi) is 4.56. The second kappa shape index (κ2) is 6.87. The third-order valence-electron chi connectivity index (χ3n) is 5.75. The molecule has 2 aromatic rings. The van der Waals surface area contributed by atoms with Crippen LogP contribution in [0, 0.1) is 5.92 Å². The summed E-state index contributed by atoms with van der Waals surface area (Å²) in [4.78, 5) is 21.2. The van der Waals surface area contributed by atoms with Crippen LogP contribution in [0.3, 0.4) is 0 Å². The molecule has 2 atom stereocenters. The van der Waals surface area contributed by atoms with Crippen molar-refractivity contribution in [3.05, 3.63) is 35.7 Å². The molecule has 1 amide bonds. The Morgan fingerprint density at radius 3 is 2.85 bits per heavy atom. The minimum absolute atomic E-state index is 0.0821. The predicted octanol–water partition coefficient (Wildman–Crippen LogP) is 2.44. The maximum Gasteiger partial charge on any atom is 0.292 e. The molecule has 4 rings (SSSR count). The number of amides is 1. The Bertz CT molecular complexity index is 778. The zero-order chi connectivity index (χ0) is 18.3. The highest BCUT2D eigenvalue weighted by Gasteiger charge is 2.35. The minimum atomic E-state index is -0.0821. The Labute approximate surface area is 154 Å². The number of carbonyl (C=O) groups is 1. The molecular weight excluding hydrogens is 330 g/mol. The fourth-order valence-corrected chi connectivity index (χ4v) is 4.15. The SMILES string of the molecule is CN(C[C@@H]1CCCN(C)[C@H]1c1cncn1C)C(=O)c1cc(C2CC2)no1. The Hall–Kier alpha value is -2.15. The normalized spacial score (nSPS) is 24.0. The van der Waals surface area contributed by atoms with E-state index in [-0.39, 0.29) is 11.9 Å². The van der Waals surface area contributed by atoms with Crippen molar-refractivity contribution in [1.29, 1.82) is 0 Å². The number of hydrogen-bond donors (Lipinski definition) is 0. The molecule has 2 fully saturated rings. The van der Waals surface area contributed by atoms with E-state index in [0.29, 0.717) is 24.1 Å². The van der Waals surface area contributed by atoms with Gasteiger partial charge in [-0.25, -0.2) is 4.98 Å². The summed E-state index contributed by atoms with van der Waals surface area (Å²) in [7, 11) is 6.05. The van der Waals surface area contributed by atoms with E-state index in [9.17, 15) is 4.79 Å². The fourth-order valence-electron chi connectivity index (χ4n) is 4.15. The molecular formula is C19H27N5O2. The first-order valence-corrected chi connectivity index (χ1v) is 9.43. The van der Waals surface area contributed by atoms with Crippen molar-refractivity contribution < 1.29 is 9.32 Å². The van der Waals surface area contributed by atoms with Crippen LogP contribution in [-0.4, -0.2) is 57.6 Å². The molecule has 0 spiro atoms. The quantitative estimate of drug-likeness (QED) is 0.822. The maximum absolute atomic E-state index is 12.8. The number of aromatic nitrogens is 3. The van der Waals surface area contributed by atoms with Crippen LogP contribution in [0.2, 0.25) is 0 Å². The average molecular weight is 357 g/mol. The number of carbonyl (C=O) groups excluding carboxylic acids is 1. The number of rotatable bonds is 5. The smallest absolute Gasteiger partial charge is 0.292 e. The zero-order valence-electron chi connectivity index (χ0n) is 15.8. The van der Waals surface area contributed by atoms with E-state index < -0.39 is 0 Å². The number of imidazole rings is 1. The highest BCUT2D eigenvalue weighted by Crippen LogP contribution is 2.39. The minimum Gasteiger partial charge on any atom is -0.351 e. The summed E-state index contributed by atoms with van der Waals surface area (Å²) in [6.07, 6.45) is 8.33. The second-order valence-electron chi connectivity index (χ2n) is 7.83. The molecule has 1 saturated carbocycles. The first-order valence-electron chi connectivity index (χ1n) is 9.43. The summed E-state index contributed by atoms with van der Waals surface area (Å²) >= 11 is 0. The van der Waals surface area contributed by atoms with Crippen LogP contribution in [0.5, 0.6) is 0 Å². The van der Waals surface area contributed by atoms with Crippen molar-refractivity contribution in [3.8, 4) is 0 Å². The van der Waals surface area contributed by atoms with Crippen LogP contribution >= 0.6 is 0 Å². The van der Waals surface area contributed by atoms with E-state index in [0.717, 1.165) is 37.9 Å². The number of hydrogen-bond acceptors (Lipinski definition) is 5. The van der Waals surface area contributed by atoms with Gasteiger partial charge >= 0.3 is 0 Å². The Morgan fingerprint density at radius 2 is 2.15 bits per heavy atom. The number of piperidine rings is 1. The van der Waals surface area contributed by atoms with Crippen LogP contribution in [0.25, 0.3) is 0 Å². The van der Waals surface area contributed by atoms with Gasteiger partial charge in [-0.05, 0) is 45.2 Å². The number of aryl methyl sites for hydroxylation is 1. The number of likely N-dealkylation sites (tertiary alicyclic amines) is 1. The molecule has 2 aliphatic rings. The number of nitrogens with zero attached hydrogens (tertiary/aromatic N) is 5. The molecule has 1 aliphatic carbocycles. The lowest BCUT2D eigenvalue weighted by Gasteiger charge is -2.40. The maximum atomic E-state index is 12.8. The van der Waals surface area contributed by atoms with Gasteiger partial charge in [0.05, 0.1) is 23.8 Å². The van der Waals surface area contributed by atoms with Gasteiger partial charge in [0.15, 0.2) is 0 Å². The van der Waals surface area contributed by atoms with E-state index >= 15 is 0 Å². The highest BCUT2D eigenvalue weighted by atomic mass is 16.5. The van der Waals surface area contributed by atoms with Crippen molar-refractivity contribution in [2.45, 2.75) is 37.6 Å². The standard InChI is InChI=1S/C19H27N5O2/c1-22-8-4-5-14(18(22)16-10-20-12-24(16)3)11-23(2)19(25)17-9-15(21-26-17)13-6-7-13/h9-10,12-14,18H,4-8,11H2,1-3H3/t14-,18+/m0/s1. The van der Waals surface area contributed by atoms with Gasteiger partial charge < -0.3 is 14.0 Å². The lowest BCUT2D eigenvalue weighted by molar-refractivity contribution is 0.0600. The molecule has 0 unspecified atom stereocenters. The summed E-state index contributed by atoms with van der Waals surface area (Å²) < 4.78 is 7.39. The third-order valence-corrected chi connectivity index (χ3v) is 5.75. The average Bonchev–Trinajstić information content (AvgIpc) is 3.20. The summed E-state index contributed by atoms with van der Waals surface area (Å²) in [5.41, 5.74) is 2.13. The van der Waals surface area contributed by atoms with Gasteiger partial charge in [-0.15, -0.1) is 0 Å². The molecule has 7 nitrogen and oxygen atoms in total. The highest BCUT2D eigenvalue weighted by molar-refractivity contribution is 5.91. The van der Waals surface area contributed by atoms with Crippen LogP contribution in [0.1, 0.15) is 59.6 Å². The molecule has 1 saturated heterocycles. The zero-order valence-corrected chi connectivity index (χ0v) is 15.8. The van der Waals surface area contributed by atoms with E-state index in [4.69, 9.17) is 4.52 Å². The molecule has 0 aromatic carbocycles. The second-order valence-corrected chi connectivity index (χ2v) is 7.83. The van der Waals surface area contributed by atoms with Gasteiger partial charge in [-0.2, -0.15) is 0 Å². The molecule has 0 N–H and O–H groups in total. The van der Waals surface area contributed by atoms with Gasteiger partial charge in [-0.1, -0.05) is 5.16 Å². The van der Waals surface area contributed by atoms with Gasteiger partial charge in [0.25, 0.3) is 5.91 Å². The van der Waals surface area contributed by atoms with E-state index in [2.05, 4.69) is 26.7 Å². The fraction of sp³-hybridized carbons (Fsp3) is 0.632. The van der Waals surface area contributed by atoms with Crippen LogP contribution in [-0.2, 0) is 7.05 Å². The molecule has 3 heterocycles. The largest absolute Gasteiger partial charge is 0.351 e. The van der Waals surface area contributed by atoms with Crippen molar-refractivity contribution in [2.24, 2.45) is 13.0 Å². The van der Waals surface area contributed by atoms with E-state index in [1.54, 1.807) is 4.90 Å². The summed E-state index contributed by atoms with van der Waals surface area (Å²) in [5, 5.41) is 4.07. The Balaban J connectivity index is 1.48. The molecule has 0 bridgehead atoms. The van der Waals surface area contributed by atoms with Crippen molar-refractivity contribution in [2.75, 3.05) is 27.2 Å². The van der Waals surface area contributed by atoms with Crippen molar-refractivity contribution in [3.63, 3.8) is 0 Å². The topological polar surface area (TPSA) is 67.4 Å².